The van der Waals surface area contributed by atoms with Crippen LogP contribution in [0, 0.1) is 0 Å². The normalized spacial score (nSPS) is 16.4. The van der Waals surface area contributed by atoms with Gasteiger partial charge in [0.15, 0.2) is 0 Å². The summed E-state index contributed by atoms with van der Waals surface area (Å²) in [5, 5.41) is 8.41. The Hall–Kier alpha value is -2.80. The molecule has 7 heteroatoms. The zero-order valence-corrected chi connectivity index (χ0v) is 16.6. The van der Waals surface area contributed by atoms with Crippen LogP contribution < -0.4 is 20.7 Å². The first-order valence-electron chi connectivity index (χ1n) is 8.57. The molecule has 6 nitrogen and oxygen atoms in total. The van der Waals surface area contributed by atoms with Crippen molar-refractivity contribution in [1.82, 2.24) is 10.6 Å². The number of carbonyl (C=O) groups excluding carboxylic acids is 2. The van der Waals surface area contributed by atoms with E-state index in [1.807, 2.05) is 43.3 Å². The van der Waals surface area contributed by atoms with Crippen molar-refractivity contribution in [3.05, 3.63) is 69.8 Å². The van der Waals surface area contributed by atoms with Gasteiger partial charge in [0.25, 0.3) is 5.91 Å². The van der Waals surface area contributed by atoms with E-state index in [1.54, 1.807) is 19.1 Å². The van der Waals surface area contributed by atoms with Crippen LogP contribution in [0.1, 0.15) is 25.5 Å². The van der Waals surface area contributed by atoms with Gasteiger partial charge in [0, 0.05) is 10.2 Å². The number of para-hydroxylation sites is 2. The Labute approximate surface area is 166 Å². The van der Waals surface area contributed by atoms with E-state index in [-0.39, 0.29) is 11.9 Å². The van der Waals surface area contributed by atoms with Crippen molar-refractivity contribution in [3.63, 3.8) is 0 Å². The van der Waals surface area contributed by atoms with E-state index >= 15 is 0 Å². The maximum atomic E-state index is 13.1. The molecule has 1 atom stereocenters. The fourth-order valence-electron chi connectivity index (χ4n) is 2.98. The lowest BCUT2D eigenvalue weighted by atomic mass is 9.95. The monoisotopic (exact) mass is 429 g/mol. The Morgan fingerprint density at radius 3 is 2.63 bits per heavy atom. The molecular formula is C20H20BrN3O3. The largest absolute Gasteiger partial charge is 0.492 e. The molecule has 3 rings (SSSR count). The standard InChI is InChI=1S/C20H20BrN3O3/c1-3-27-16-11-7-6-10-15(16)23-19(25)17-12(2)22-20(26)24-18(17)13-8-4-5-9-14(13)21/h4-11,18H,3H2,1-2H3,(H,23,25)(H2,22,24,26). The molecular weight excluding hydrogens is 410 g/mol. The van der Waals surface area contributed by atoms with Gasteiger partial charge in [-0.2, -0.15) is 0 Å². The number of halogens is 1. The third kappa shape index (κ3) is 4.14. The third-order valence-electron chi connectivity index (χ3n) is 4.17. The number of carbonyl (C=O) groups is 2. The quantitative estimate of drug-likeness (QED) is 0.668. The van der Waals surface area contributed by atoms with Crippen molar-refractivity contribution in [2.45, 2.75) is 19.9 Å². The number of hydrogen-bond acceptors (Lipinski definition) is 3. The second-order valence-corrected chi connectivity index (χ2v) is 6.83. The van der Waals surface area contributed by atoms with E-state index in [4.69, 9.17) is 4.74 Å². The molecule has 0 bridgehead atoms. The van der Waals surface area contributed by atoms with Crippen LogP contribution >= 0.6 is 15.9 Å². The summed E-state index contributed by atoms with van der Waals surface area (Å²) in [6.07, 6.45) is 0. The lowest BCUT2D eigenvalue weighted by Gasteiger charge is -2.29. The zero-order chi connectivity index (χ0) is 19.4. The molecule has 0 aliphatic carbocycles. The molecule has 3 amide bonds. The maximum Gasteiger partial charge on any atom is 0.319 e. The van der Waals surface area contributed by atoms with Gasteiger partial charge in [-0.15, -0.1) is 0 Å². The first kappa shape index (κ1) is 19.0. The van der Waals surface area contributed by atoms with Gasteiger partial charge in [-0.3, -0.25) is 4.79 Å². The number of hydrogen-bond donors (Lipinski definition) is 3. The first-order chi connectivity index (χ1) is 13.0. The lowest BCUT2D eigenvalue weighted by molar-refractivity contribution is -0.113. The molecule has 1 aliphatic rings. The topological polar surface area (TPSA) is 79.5 Å². The summed E-state index contributed by atoms with van der Waals surface area (Å²) < 4.78 is 6.39. The molecule has 1 unspecified atom stereocenters. The Morgan fingerprint density at radius 2 is 1.89 bits per heavy atom. The molecule has 0 aromatic heterocycles. The Morgan fingerprint density at radius 1 is 1.19 bits per heavy atom. The van der Waals surface area contributed by atoms with Gasteiger partial charge in [0.05, 0.1) is 23.9 Å². The van der Waals surface area contributed by atoms with Crippen LogP contribution in [0.2, 0.25) is 0 Å². The minimum absolute atomic E-state index is 0.312. The molecule has 3 N–H and O–H groups in total. The molecule has 1 heterocycles. The summed E-state index contributed by atoms with van der Waals surface area (Å²) in [4.78, 5) is 25.1. The zero-order valence-electron chi connectivity index (χ0n) is 15.0. The van der Waals surface area contributed by atoms with Crippen LogP contribution in [0.15, 0.2) is 64.3 Å². The van der Waals surface area contributed by atoms with Crippen molar-refractivity contribution in [2.24, 2.45) is 0 Å². The van der Waals surface area contributed by atoms with Gasteiger partial charge < -0.3 is 20.7 Å². The minimum atomic E-state index is -0.575. The van der Waals surface area contributed by atoms with Crippen LogP contribution in [0.25, 0.3) is 0 Å². The molecule has 0 saturated heterocycles. The summed E-state index contributed by atoms with van der Waals surface area (Å²) in [7, 11) is 0. The van der Waals surface area contributed by atoms with E-state index in [0.29, 0.717) is 29.3 Å². The van der Waals surface area contributed by atoms with Crippen molar-refractivity contribution in [3.8, 4) is 5.75 Å². The highest BCUT2D eigenvalue weighted by Gasteiger charge is 2.32. The molecule has 2 aromatic rings. The highest BCUT2D eigenvalue weighted by Crippen LogP contribution is 2.33. The molecule has 27 heavy (non-hydrogen) atoms. The molecule has 140 valence electrons. The summed E-state index contributed by atoms with van der Waals surface area (Å²) in [6.45, 7) is 4.09. The SMILES string of the molecule is CCOc1ccccc1NC(=O)C1=C(C)NC(=O)NC1c1ccccc1Br. The smallest absolute Gasteiger partial charge is 0.319 e. The van der Waals surface area contributed by atoms with Crippen molar-refractivity contribution in [2.75, 3.05) is 11.9 Å². The lowest BCUT2D eigenvalue weighted by Crippen LogP contribution is -2.46. The molecule has 0 fully saturated rings. The van der Waals surface area contributed by atoms with Crippen LogP contribution in [0.5, 0.6) is 5.75 Å². The highest BCUT2D eigenvalue weighted by molar-refractivity contribution is 9.10. The number of ether oxygens (including phenoxy) is 1. The summed E-state index contributed by atoms with van der Waals surface area (Å²) >= 11 is 3.50. The number of benzene rings is 2. The van der Waals surface area contributed by atoms with Gasteiger partial charge in [-0.25, -0.2) is 4.79 Å². The van der Waals surface area contributed by atoms with Gasteiger partial charge in [0.2, 0.25) is 0 Å². The van der Waals surface area contributed by atoms with Crippen molar-refractivity contribution >= 4 is 33.6 Å². The molecule has 1 aliphatic heterocycles. The van der Waals surface area contributed by atoms with Gasteiger partial charge >= 0.3 is 6.03 Å². The fourth-order valence-corrected chi connectivity index (χ4v) is 3.49. The second kappa shape index (κ2) is 8.26. The van der Waals surface area contributed by atoms with Crippen LogP contribution in [-0.4, -0.2) is 18.5 Å². The molecule has 0 saturated carbocycles. The molecule has 0 radical (unpaired) electrons. The minimum Gasteiger partial charge on any atom is -0.492 e. The van der Waals surface area contributed by atoms with E-state index in [1.165, 1.54) is 0 Å². The van der Waals surface area contributed by atoms with E-state index in [2.05, 4.69) is 31.9 Å². The first-order valence-corrected chi connectivity index (χ1v) is 9.36. The van der Waals surface area contributed by atoms with E-state index in [9.17, 15) is 9.59 Å². The summed E-state index contributed by atoms with van der Waals surface area (Å²) in [5.41, 5.74) is 2.32. The average Bonchev–Trinajstić information content (AvgIpc) is 2.63. The molecule has 2 aromatic carbocycles. The van der Waals surface area contributed by atoms with Crippen LogP contribution in [-0.2, 0) is 4.79 Å². The Kier molecular flexibility index (Phi) is 5.81. The Bertz CT molecular complexity index is 911. The van der Waals surface area contributed by atoms with Crippen molar-refractivity contribution in [1.29, 1.82) is 0 Å². The van der Waals surface area contributed by atoms with Crippen molar-refractivity contribution < 1.29 is 14.3 Å². The highest BCUT2D eigenvalue weighted by atomic mass is 79.9. The van der Waals surface area contributed by atoms with Gasteiger partial charge in [0.1, 0.15) is 5.75 Å². The number of allylic oxidation sites excluding steroid dienone is 1. The van der Waals surface area contributed by atoms with Gasteiger partial charge in [-0.1, -0.05) is 46.3 Å². The third-order valence-corrected chi connectivity index (χ3v) is 4.89. The van der Waals surface area contributed by atoms with Crippen LogP contribution in [0.4, 0.5) is 10.5 Å². The maximum absolute atomic E-state index is 13.1. The van der Waals surface area contributed by atoms with Gasteiger partial charge in [-0.05, 0) is 37.6 Å². The number of amides is 3. The predicted molar refractivity (Wildman–Crippen MR) is 107 cm³/mol. The summed E-state index contributed by atoms with van der Waals surface area (Å²) in [5.74, 6) is 0.282. The fraction of sp³-hybridized carbons (Fsp3) is 0.200. The number of nitrogens with one attached hydrogen (secondary N) is 3. The Balaban J connectivity index is 1.97. The number of urea groups is 1. The number of anilines is 1. The average molecular weight is 430 g/mol. The molecule has 0 spiro atoms. The van der Waals surface area contributed by atoms with E-state index < -0.39 is 6.04 Å². The second-order valence-electron chi connectivity index (χ2n) is 5.97. The number of rotatable bonds is 5. The van der Waals surface area contributed by atoms with E-state index in [0.717, 1.165) is 10.0 Å². The van der Waals surface area contributed by atoms with Crippen LogP contribution in [0.3, 0.4) is 0 Å². The summed E-state index contributed by atoms with van der Waals surface area (Å²) in [6, 6.07) is 13.8. The predicted octanol–water partition coefficient (Wildman–Crippen LogP) is 4.11.